The second-order valence-corrected chi connectivity index (χ2v) is 8.98. The van der Waals surface area contributed by atoms with Gasteiger partial charge in [-0.2, -0.15) is 0 Å². The van der Waals surface area contributed by atoms with Crippen LogP contribution in [0.4, 0.5) is 8.78 Å². The van der Waals surface area contributed by atoms with Gasteiger partial charge in [0.25, 0.3) is 0 Å². The molecule has 1 unspecified atom stereocenters. The van der Waals surface area contributed by atoms with Crippen molar-refractivity contribution in [2.75, 3.05) is 0 Å². The Morgan fingerprint density at radius 2 is 1.77 bits per heavy atom. The summed E-state index contributed by atoms with van der Waals surface area (Å²) in [6, 6.07) is 10.5. The quantitative estimate of drug-likeness (QED) is 0.372. The molecule has 1 saturated carbocycles. The first kappa shape index (κ1) is 20.9. The van der Waals surface area contributed by atoms with Crippen LogP contribution < -0.4 is 0 Å². The zero-order chi connectivity index (χ0) is 20.9. The Hall–Kier alpha value is -2.40. The zero-order valence-electron chi connectivity index (χ0n) is 17.6. The van der Waals surface area contributed by atoms with E-state index in [4.69, 9.17) is 0 Å². The van der Waals surface area contributed by atoms with Crippen molar-refractivity contribution in [1.82, 2.24) is 0 Å². The van der Waals surface area contributed by atoms with Crippen LogP contribution in [-0.4, -0.2) is 0 Å². The third-order valence-corrected chi connectivity index (χ3v) is 7.10. The molecule has 2 aromatic carbocycles. The van der Waals surface area contributed by atoms with Crippen LogP contribution >= 0.6 is 0 Å². The summed E-state index contributed by atoms with van der Waals surface area (Å²) >= 11 is 0. The molecule has 0 radical (unpaired) electrons. The Morgan fingerprint density at radius 3 is 2.57 bits per heavy atom. The molecule has 1 fully saturated rings. The average Bonchev–Trinajstić information content (AvgIpc) is 2.78. The lowest BCUT2D eigenvalue weighted by Crippen LogP contribution is -2.26. The summed E-state index contributed by atoms with van der Waals surface area (Å²) in [6.07, 6.45) is 13.6. The molecule has 0 aliphatic heterocycles. The SMILES string of the molecule is C=CCCC1CCC(C2CCc3cc(C#Cc4cccc(F)c4F)ccc3C2)CC1. The Labute approximate surface area is 179 Å². The lowest BCUT2D eigenvalue weighted by molar-refractivity contribution is 0.185. The standard InChI is InChI=1S/C28H30F2/c1-2-3-5-20-8-12-22(13-9-20)25-17-16-24-18-21(11-15-26(24)19-25)10-14-23-6-4-7-27(29)28(23)30/h2,4,6-7,11,15,18,20,22,25H,1,3,5,8-9,12-13,16-17,19H2. The van der Waals surface area contributed by atoms with Gasteiger partial charge in [-0.25, -0.2) is 8.78 Å². The smallest absolute Gasteiger partial charge is 0.174 e. The van der Waals surface area contributed by atoms with Crippen molar-refractivity contribution in [2.45, 2.75) is 57.8 Å². The third kappa shape index (κ3) is 4.84. The van der Waals surface area contributed by atoms with Gasteiger partial charge in [-0.15, -0.1) is 6.58 Å². The first-order valence-corrected chi connectivity index (χ1v) is 11.3. The Morgan fingerprint density at radius 1 is 0.933 bits per heavy atom. The molecule has 30 heavy (non-hydrogen) atoms. The van der Waals surface area contributed by atoms with Crippen LogP contribution in [0.2, 0.25) is 0 Å². The maximum atomic E-state index is 13.8. The second-order valence-electron chi connectivity index (χ2n) is 8.98. The second kappa shape index (κ2) is 9.61. The van der Waals surface area contributed by atoms with E-state index in [-0.39, 0.29) is 5.56 Å². The van der Waals surface area contributed by atoms with Crippen molar-refractivity contribution in [2.24, 2.45) is 17.8 Å². The van der Waals surface area contributed by atoms with Crippen LogP contribution in [0.15, 0.2) is 49.1 Å². The molecule has 0 bridgehead atoms. The number of fused-ring (bicyclic) bond motifs is 1. The van der Waals surface area contributed by atoms with Crippen LogP contribution in [0, 0.1) is 41.2 Å². The highest BCUT2D eigenvalue weighted by atomic mass is 19.2. The fourth-order valence-corrected chi connectivity index (χ4v) is 5.31. The molecule has 1 atom stereocenters. The van der Waals surface area contributed by atoms with Crippen LogP contribution in [0.3, 0.4) is 0 Å². The molecule has 4 rings (SSSR count). The molecule has 2 aromatic rings. The van der Waals surface area contributed by atoms with Gasteiger partial charge >= 0.3 is 0 Å². The summed E-state index contributed by atoms with van der Waals surface area (Å²) in [5.74, 6) is 6.65. The number of rotatable bonds is 4. The van der Waals surface area contributed by atoms with E-state index < -0.39 is 11.6 Å². The highest BCUT2D eigenvalue weighted by Gasteiger charge is 2.29. The molecular weight excluding hydrogens is 374 g/mol. The monoisotopic (exact) mass is 404 g/mol. The summed E-state index contributed by atoms with van der Waals surface area (Å²) in [7, 11) is 0. The van der Waals surface area contributed by atoms with Crippen LogP contribution in [0.5, 0.6) is 0 Å². The van der Waals surface area contributed by atoms with E-state index in [0.717, 1.165) is 42.2 Å². The van der Waals surface area contributed by atoms with Crippen molar-refractivity contribution in [1.29, 1.82) is 0 Å². The molecular formula is C28H30F2. The average molecular weight is 405 g/mol. The normalized spacial score (nSPS) is 23.2. The largest absolute Gasteiger partial charge is 0.204 e. The van der Waals surface area contributed by atoms with Crippen molar-refractivity contribution in [3.05, 3.63) is 82.9 Å². The van der Waals surface area contributed by atoms with Gasteiger partial charge in [-0.05, 0) is 98.1 Å². The minimum absolute atomic E-state index is 0.108. The number of hydrogen-bond donors (Lipinski definition) is 0. The minimum atomic E-state index is -0.870. The first-order chi connectivity index (χ1) is 14.6. The minimum Gasteiger partial charge on any atom is -0.204 e. The van der Waals surface area contributed by atoms with Crippen molar-refractivity contribution in [3.8, 4) is 11.8 Å². The number of halogens is 2. The number of benzene rings is 2. The summed E-state index contributed by atoms with van der Waals surface area (Å²) in [6.45, 7) is 3.86. The van der Waals surface area contributed by atoms with Gasteiger partial charge in [0.05, 0.1) is 5.56 Å². The van der Waals surface area contributed by atoms with E-state index in [1.165, 1.54) is 68.2 Å². The summed E-state index contributed by atoms with van der Waals surface area (Å²) in [5.41, 5.74) is 3.80. The molecule has 0 spiro atoms. The molecule has 0 heterocycles. The van der Waals surface area contributed by atoms with Gasteiger partial charge in [0.1, 0.15) is 0 Å². The molecule has 2 heteroatoms. The number of hydrogen-bond acceptors (Lipinski definition) is 0. The molecule has 0 N–H and O–H groups in total. The molecule has 0 nitrogen and oxygen atoms in total. The van der Waals surface area contributed by atoms with Gasteiger partial charge in [-0.1, -0.05) is 42.9 Å². The molecule has 2 aliphatic rings. The Bertz CT molecular complexity index is 954. The van der Waals surface area contributed by atoms with Crippen LogP contribution in [-0.2, 0) is 12.8 Å². The third-order valence-electron chi connectivity index (χ3n) is 7.10. The maximum absolute atomic E-state index is 13.8. The topological polar surface area (TPSA) is 0 Å². The van der Waals surface area contributed by atoms with E-state index in [0.29, 0.717) is 0 Å². The van der Waals surface area contributed by atoms with Gasteiger partial charge in [-0.3, -0.25) is 0 Å². The van der Waals surface area contributed by atoms with Crippen molar-refractivity contribution < 1.29 is 8.78 Å². The molecule has 0 saturated heterocycles. The lowest BCUT2D eigenvalue weighted by atomic mass is 9.69. The zero-order valence-corrected chi connectivity index (χ0v) is 17.6. The highest BCUT2D eigenvalue weighted by molar-refractivity contribution is 5.46. The molecule has 0 aromatic heterocycles. The molecule has 0 amide bonds. The fraction of sp³-hybridized carbons (Fsp3) is 0.429. The molecule has 156 valence electrons. The van der Waals surface area contributed by atoms with Gasteiger partial charge in [0.2, 0.25) is 0 Å². The van der Waals surface area contributed by atoms with Gasteiger partial charge in [0, 0.05) is 5.56 Å². The van der Waals surface area contributed by atoms with Crippen LogP contribution in [0.25, 0.3) is 0 Å². The Balaban J connectivity index is 1.39. The first-order valence-electron chi connectivity index (χ1n) is 11.3. The summed E-state index contributed by atoms with van der Waals surface area (Å²) < 4.78 is 27.2. The van der Waals surface area contributed by atoms with Crippen LogP contribution in [0.1, 0.15) is 67.2 Å². The fourth-order valence-electron chi connectivity index (χ4n) is 5.31. The number of allylic oxidation sites excluding steroid dienone is 1. The van der Waals surface area contributed by atoms with Crippen molar-refractivity contribution in [3.63, 3.8) is 0 Å². The van der Waals surface area contributed by atoms with E-state index in [2.05, 4.69) is 36.6 Å². The highest BCUT2D eigenvalue weighted by Crippen LogP contribution is 2.40. The van der Waals surface area contributed by atoms with E-state index in [1.54, 1.807) is 0 Å². The van der Waals surface area contributed by atoms with E-state index >= 15 is 0 Å². The summed E-state index contributed by atoms with van der Waals surface area (Å²) in [5, 5.41) is 0. The predicted molar refractivity (Wildman–Crippen MR) is 119 cm³/mol. The van der Waals surface area contributed by atoms with E-state index in [9.17, 15) is 8.78 Å². The molecule has 2 aliphatic carbocycles. The van der Waals surface area contributed by atoms with E-state index in [1.807, 2.05) is 6.07 Å². The van der Waals surface area contributed by atoms with Gasteiger partial charge in [0.15, 0.2) is 11.6 Å². The lowest BCUT2D eigenvalue weighted by Gasteiger charge is -2.36. The Kier molecular flexibility index (Phi) is 6.68. The predicted octanol–water partition coefficient (Wildman–Crippen LogP) is 7.24. The summed E-state index contributed by atoms with van der Waals surface area (Å²) in [4.78, 5) is 0. The number of aryl methyl sites for hydroxylation is 1. The maximum Gasteiger partial charge on any atom is 0.174 e. The van der Waals surface area contributed by atoms with Crippen molar-refractivity contribution >= 4 is 0 Å². The van der Waals surface area contributed by atoms with Gasteiger partial charge < -0.3 is 0 Å².